The van der Waals surface area contributed by atoms with Gasteiger partial charge in [0.15, 0.2) is 11.5 Å². The molecular formula is C20H23N3O2. The molecule has 2 aromatic carbocycles. The highest BCUT2D eigenvalue weighted by atomic mass is 16.5. The minimum atomic E-state index is 0.230. The number of para-hydroxylation sites is 2. The van der Waals surface area contributed by atoms with Crippen molar-refractivity contribution in [1.82, 2.24) is 14.9 Å². The molecule has 1 saturated heterocycles. The van der Waals surface area contributed by atoms with Gasteiger partial charge in [0.1, 0.15) is 5.82 Å². The average Bonchev–Trinajstić information content (AvgIpc) is 3.08. The number of hydrogen-bond donors (Lipinski definition) is 2. The summed E-state index contributed by atoms with van der Waals surface area (Å²) in [6, 6.07) is 11.8. The quantitative estimate of drug-likeness (QED) is 0.757. The lowest BCUT2D eigenvalue weighted by Gasteiger charge is -2.27. The van der Waals surface area contributed by atoms with Crippen LogP contribution in [-0.2, 0) is 6.54 Å². The summed E-state index contributed by atoms with van der Waals surface area (Å²) in [5.74, 6) is 1.51. The van der Waals surface area contributed by atoms with E-state index in [0.29, 0.717) is 5.75 Å². The Hall–Kier alpha value is -2.53. The summed E-state index contributed by atoms with van der Waals surface area (Å²) in [5.41, 5.74) is 3.75. The Labute approximate surface area is 147 Å². The third-order valence-electron chi connectivity index (χ3n) is 4.88. The van der Waals surface area contributed by atoms with Crippen LogP contribution >= 0.6 is 0 Å². The first-order valence-electron chi connectivity index (χ1n) is 8.82. The van der Waals surface area contributed by atoms with Crippen molar-refractivity contribution in [3.63, 3.8) is 0 Å². The van der Waals surface area contributed by atoms with E-state index in [0.717, 1.165) is 47.6 Å². The summed E-state index contributed by atoms with van der Waals surface area (Å²) < 4.78 is 5.40. The maximum absolute atomic E-state index is 10.5. The van der Waals surface area contributed by atoms with E-state index in [1.54, 1.807) is 7.11 Å². The molecule has 130 valence electrons. The second kappa shape index (κ2) is 6.76. The Kier molecular flexibility index (Phi) is 4.32. The van der Waals surface area contributed by atoms with Crippen LogP contribution < -0.4 is 4.74 Å². The van der Waals surface area contributed by atoms with Crippen LogP contribution in [0, 0.1) is 0 Å². The zero-order valence-electron chi connectivity index (χ0n) is 14.5. The Morgan fingerprint density at radius 2 is 1.96 bits per heavy atom. The lowest BCUT2D eigenvalue weighted by atomic mass is 10.1. The van der Waals surface area contributed by atoms with Crippen molar-refractivity contribution < 1.29 is 9.84 Å². The molecule has 25 heavy (non-hydrogen) atoms. The number of imidazole rings is 1. The lowest BCUT2D eigenvalue weighted by Crippen LogP contribution is -2.29. The van der Waals surface area contributed by atoms with Crippen LogP contribution in [-0.4, -0.2) is 40.2 Å². The number of nitrogens with zero attached hydrogens (tertiary/aromatic N) is 2. The molecule has 5 heteroatoms. The summed E-state index contributed by atoms with van der Waals surface area (Å²) in [5, 5.41) is 10.5. The van der Waals surface area contributed by atoms with Crippen molar-refractivity contribution in [2.24, 2.45) is 0 Å². The Bertz CT molecular complexity index is 849. The highest BCUT2D eigenvalue weighted by Crippen LogP contribution is 2.36. The fourth-order valence-electron chi connectivity index (χ4n) is 3.53. The Morgan fingerprint density at radius 3 is 2.72 bits per heavy atom. The number of aromatic nitrogens is 2. The van der Waals surface area contributed by atoms with Gasteiger partial charge >= 0.3 is 0 Å². The van der Waals surface area contributed by atoms with Crippen molar-refractivity contribution in [3.8, 4) is 22.9 Å². The first-order chi connectivity index (χ1) is 12.2. The lowest BCUT2D eigenvalue weighted by molar-refractivity contribution is 0.218. The molecule has 2 heterocycles. The van der Waals surface area contributed by atoms with Gasteiger partial charge in [-0.15, -0.1) is 0 Å². The minimum absolute atomic E-state index is 0.230. The standard InChI is InChI=1S/C20H23N3O2/c1-25-18-12-14(20-21-16-7-3-4-8-17(16)22-20)11-15(19(18)24)13-23-9-5-2-6-10-23/h3-4,7-8,11-12,24H,2,5-6,9-10,13H2,1H3,(H,21,22). The predicted octanol–water partition coefficient (Wildman–Crippen LogP) is 3.93. The van der Waals surface area contributed by atoms with Gasteiger partial charge in [0.05, 0.1) is 18.1 Å². The van der Waals surface area contributed by atoms with Crippen LogP contribution in [0.1, 0.15) is 24.8 Å². The molecule has 1 aromatic heterocycles. The van der Waals surface area contributed by atoms with E-state index in [9.17, 15) is 5.11 Å². The molecule has 0 bridgehead atoms. The molecule has 0 atom stereocenters. The molecule has 1 aliphatic heterocycles. The molecule has 1 fully saturated rings. The maximum Gasteiger partial charge on any atom is 0.162 e. The van der Waals surface area contributed by atoms with Crippen molar-refractivity contribution in [2.45, 2.75) is 25.8 Å². The number of ether oxygens (including phenoxy) is 1. The third-order valence-corrected chi connectivity index (χ3v) is 4.88. The van der Waals surface area contributed by atoms with Crippen LogP contribution in [0.4, 0.5) is 0 Å². The number of methoxy groups -OCH3 is 1. The van der Waals surface area contributed by atoms with Crippen LogP contribution in [0.5, 0.6) is 11.5 Å². The number of aromatic hydroxyl groups is 1. The monoisotopic (exact) mass is 337 g/mol. The summed E-state index contributed by atoms with van der Waals surface area (Å²) in [7, 11) is 1.59. The largest absolute Gasteiger partial charge is 0.504 e. The predicted molar refractivity (Wildman–Crippen MR) is 98.9 cm³/mol. The summed E-state index contributed by atoms with van der Waals surface area (Å²) in [4.78, 5) is 10.4. The van der Waals surface area contributed by atoms with E-state index >= 15 is 0 Å². The number of H-pyrrole nitrogens is 1. The summed E-state index contributed by atoms with van der Waals surface area (Å²) in [6.45, 7) is 2.89. The number of phenols is 1. The van der Waals surface area contributed by atoms with Crippen molar-refractivity contribution in [3.05, 3.63) is 42.0 Å². The Morgan fingerprint density at radius 1 is 1.16 bits per heavy atom. The van der Waals surface area contributed by atoms with Gasteiger partial charge in [0, 0.05) is 17.7 Å². The van der Waals surface area contributed by atoms with Crippen molar-refractivity contribution >= 4 is 11.0 Å². The molecule has 0 aliphatic carbocycles. The Balaban J connectivity index is 1.72. The molecule has 0 spiro atoms. The van der Waals surface area contributed by atoms with E-state index in [1.807, 2.05) is 36.4 Å². The summed E-state index contributed by atoms with van der Waals surface area (Å²) >= 11 is 0. The topological polar surface area (TPSA) is 61.4 Å². The van der Waals surface area contributed by atoms with Gasteiger partial charge < -0.3 is 14.8 Å². The van der Waals surface area contributed by atoms with E-state index in [1.165, 1.54) is 19.3 Å². The molecular weight excluding hydrogens is 314 g/mol. The summed E-state index contributed by atoms with van der Waals surface area (Å²) in [6.07, 6.45) is 3.74. The number of benzene rings is 2. The first kappa shape index (κ1) is 16.0. The van der Waals surface area contributed by atoms with Crippen molar-refractivity contribution in [1.29, 1.82) is 0 Å². The SMILES string of the molecule is COc1cc(-c2nc3ccccc3[nH]2)cc(CN2CCCCC2)c1O. The van der Waals surface area contributed by atoms with Gasteiger partial charge in [-0.2, -0.15) is 0 Å². The number of fused-ring (bicyclic) bond motifs is 1. The number of nitrogens with one attached hydrogen (secondary N) is 1. The molecule has 3 aromatic rings. The number of likely N-dealkylation sites (tertiary alicyclic amines) is 1. The average molecular weight is 337 g/mol. The van der Waals surface area contributed by atoms with Crippen LogP contribution in [0.25, 0.3) is 22.4 Å². The molecule has 0 unspecified atom stereocenters. The van der Waals surface area contributed by atoms with Crippen LogP contribution in [0.2, 0.25) is 0 Å². The number of hydrogen-bond acceptors (Lipinski definition) is 4. The zero-order chi connectivity index (χ0) is 17.2. The number of piperidine rings is 1. The molecule has 1 aliphatic rings. The van der Waals surface area contributed by atoms with Gasteiger partial charge in [-0.1, -0.05) is 18.6 Å². The zero-order valence-corrected chi connectivity index (χ0v) is 14.5. The minimum Gasteiger partial charge on any atom is -0.504 e. The normalized spacial score (nSPS) is 15.6. The third kappa shape index (κ3) is 3.20. The number of aromatic amines is 1. The first-order valence-corrected chi connectivity index (χ1v) is 8.82. The maximum atomic E-state index is 10.5. The molecule has 2 N–H and O–H groups in total. The van der Waals surface area contributed by atoms with E-state index < -0.39 is 0 Å². The fourth-order valence-corrected chi connectivity index (χ4v) is 3.53. The van der Waals surface area contributed by atoms with Crippen molar-refractivity contribution in [2.75, 3.05) is 20.2 Å². The van der Waals surface area contributed by atoms with E-state index in [-0.39, 0.29) is 5.75 Å². The van der Waals surface area contributed by atoms with Gasteiger partial charge in [0.2, 0.25) is 0 Å². The number of rotatable bonds is 4. The second-order valence-corrected chi connectivity index (χ2v) is 6.63. The highest BCUT2D eigenvalue weighted by molar-refractivity contribution is 5.79. The highest BCUT2D eigenvalue weighted by Gasteiger charge is 2.17. The smallest absolute Gasteiger partial charge is 0.162 e. The molecule has 0 radical (unpaired) electrons. The van der Waals surface area contributed by atoms with Crippen LogP contribution in [0.15, 0.2) is 36.4 Å². The molecule has 0 amide bonds. The van der Waals surface area contributed by atoms with Gasteiger partial charge in [0.25, 0.3) is 0 Å². The fraction of sp³-hybridized carbons (Fsp3) is 0.350. The van der Waals surface area contributed by atoms with E-state index in [4.69, 9.17) is 4.74 Å². The second-order valence-electron chi connectivity index (χ2n) is 6.63. The molecule has 5 nitrogen and oxygen atoms in total. The van der Waals surface area contributed by atoms with Gasteiger partial charge in [-0.3, -0.25) is 4.90 Å². The van der Waals surface area contributed by atoms with Gasteiger partial charge in [-0.25, -0.2) is 4.98 Å². The van der Waals surface area contributed by atoms with Crippen LogP contribution in [0.3, 0.4) is 0 Å². The molecule has 0 saturated carbocycles. The molecule has 4 rings (SSSR count). The number of phenolic OH excluding ortho intramolecular Hbond substituents is 1. The van der Waals surface area contributed by atoms with Gasteiger partial charge in [-0.05, 0) is 50.2 Å². The van der Waals surface area contributed by atoms with E-state index in [2.05, 4.69) is 14.9 Å².